The highest BCUT2D eigenvalue weighted by Crippen LogP contribution is 2.36. The van der Waals surface area contributed by atoms with Crippen LogP contribution in [0.3, 0.4) is 0 Å². The van der Waals surface area contributed by atoms with E-state index in [0.29, 0.717) is 39.5 Å². The zero-order valence-electron chi connectivity index (χ0n) is 17.1. The minimum Gasteiger partial charge on any atom is -0.504 e. The van der Waals surface area contributed by atoms with Crippen LogP contribution < -0.4 is 14.8 Å². The molecular formula is C25H19N3O4. The molecule has 0 radical (unpaired) electrons. The van der Waals surface area contributed by atoms with E-state index in [4.69, 9.17) is 9.47 Å². The van der Waals surface area contributed by atoms with E-state index in [1.54, 1.807) is 42.7 Å². The van der Waals surface area contributed by atoms with Gasteiger partial charge in [-0.3, -0.25) is 9.78 Å². The first-order chi connectivity index (χ1) is 15.6. The molecule has 0 aliphatic rings. The summed E-state index contributed by atoms with van der Waals surface area (Å²) < 4.78 is 11.3. The monoisotopic (exact) mass is 425 g/mol. The van der Waals surface area contributed by atoms with Crippen molar-refractivity contribution in [1.82, 2.24) is 9.97 Å². The van der Waals surface area contributed by atoms with Gasteiger partial charge in [-0.25, -0.2) is 0 Å². The Morgan fingerprint density at radius 2 is 1.88 bits per heavy atom. The Morgan fingerprint density at radius 3 is 2.69 bits per heavy atom. The van der Waals surface area contributed by atoms with Gasteiger partial charge in [-0.1, -0.05) is 12.1 Å². The number of methoxy groups -OCH3 is 1. The summed E-state index contributed by atoms with van der Waals surface area (Å²) in [6, 6.07) is 19.9. The van der Waals surface area contributed by atoms with E-state index >= 15 is 0 Å². The number of nitrogens with zero attached hydrogens (tertiary/aromatic N) is 1. The standard InChI is InChI=1S/C25H19N3O4/c1-31-24-14-21-19(13-22(24)29)23(8-10-27-21)32-18-7-5-15-4-6-17(11-16(15)12-18)28-25(30)20-3-2-9-26-20/h2-14,26,29H,1H3,(H,28,30). The van der Waals surface area contributed by atoms with Gasteiger partial charge in [0.25, 0.3) is 5.91 Å². The van der Waals surface area contributed by atoms with Gasteiger partial charge in [-0.2, -0.15) is 0 Å². The molecule has 0 saturated heterocycles. The summed E-state index contributed by atoms with van der Waals surface area (Å²) in [5.41, 5.74) is 1.82. The lowest BCUT2D eigenvalue weighted by atomic mass is 10.1. The minimum atomic E-state index is -0.208. The number of amides is 1. The van der Waals surface area contributed by atoms with Crippen molar-refractivity contribution in [3.05, 3.63) is 84.8 Å². The number of anilines is 1. The van der Waals surface area contributed by atoms with Crippen LogP contribution in [-0.2, 0) is 0 Å². The lowest BCUT2D eigenvalue weighted by Crippen LogP contribution is -2.11. The quantitative estimate of drug-likeness (QED) is 0.347. The molecule has 7 heteroatoms. The lowest BCUT2D eigenvalue weighted by Gasteiger charge is -2.12. The maximum atomic E-state index is 12.3. The molecular weight excluding hydrogens is 406 g/mol. The fourth-order valence-corrected chi connectivity index (χ4v) is 3.55. The molecule has 0 spiro atoms. The van der Waals surface area contributed by atoms with Crippen LogP contribution in [-0.4, -0.2) is 28.1 Å². The number of pyridine rings is 1. The first-order valence-corrected chi connectivity index (χ1v) is 9.93. The van der Waals surface area contributed by atoms with Crippen LogP contribution in [0.4, 0.5) is 5.69 Å². The molecule has 0 bridgehead atoms. The maximum absolute atomic E-state index is 12.3. The topological polar surface area (TPSA) is 96.5 Å². The molecule has 0 fully saturated rings. The average molecular weight is 425 g/mol. The fourth-order valence-electron chi connectivity index (χ4n) is 3.55. The molecule has 32 heavy (non-hydrogen) atoms. The van der Waals surface area contributed by atoms with Crippen LogP contribution in [0, 0.1) is 0 Å². The molecule has 0 atom stereocenters. The second-order valence-electron chi connectivity index (χ2n) is 7.21. The highest BCUT2D eigenvalue weighted by molar-refractivity contribution is 6.04. The van der Waals surface area contributed by atoms with Crippen molar-refractivity contribution < 1.29 is 19.4 Å². The molecule has 1 amide bonds. The molecule has 0 saturated carbocycles. The number of H-pyrrole nitrogens is 1. The smallest absolute Gasteiger partial charge is 0.272 e. The van der Waals surface area contributed by atoms with Crippen molar-refractivity contribution in [3.63, 3.8) is 0 Å². The summed E-state index contributed by atoms with van der Waals surface area (Å²) in [5.74, 6) is 1.33. The van der Waals surface area contributed by atoms with E-state index < -0.39 is 0 Å². The molecule has 3 aromatic carbocycles. The van der Waals surface area contributed by atoms with Crippen LogP contribution in [0.5, 0.6) is 23.0 Å². The van der Waals surface area contributed by atoms with E-state index in [9.17, 15) is 9.90 Å². The maximum Gasteiger partial charge on any atom is 0.272 e. The van der Waals surface area contributed by atoms with Crippen LogP contribution in [0.15, 0.2) is 79.1 Å². The summed E-state index contributed by atoms with van der Waals surface area (Å²) in [7, 11) is 1.49. The highest BCUT2D eigenvalue weighted by Gasteiger charge is 2.11. The highest BCUT2D eigenvalue weighted by atomic mass is 16.5. The number of benzene rings is 3. The molecule has 0 aliphatic heterocycles. The van der Waals surface area contributed by atoms with Crippen LogP contribution in [0.25, 0.3) is 21.7 Å². The van der Waals surface area contributed by atoms with Crippen LogP contribution in [0.2, 0.25) is 0 Å². The second kappa shape index (κ2) is 7.96. The van der Waals surface area contributed by atoms with E-state index in [1.165, 1.54) is 7.11 Å². The van der Waals surface area contributed by atoms with Crippen molar-refractivity contribution in [2.24, 2.45) is 0 Å². The summed E-state index contributed by atoms with van der Waals surface area (Å²) in [4.78, 5) is 19.5. The van der Waals surface area contributed by atoms with Gasteiger partial charge < -0.3 is 24.9 Å². The van der Waals surface area contributed by atoms with Crippen molar-refractivity contribution in [1.29, 1.82) is 0 Å². The molecule has 2 aromatic heterocycles. The van der Waals surface area contributed by atoms with E-state index in [-0.39, 0.29) is 11.7 Å². The first-order valence-electron chi connectivity index (χ1n) is 9.93. The van der Waals surface area contributed by atoms with Crippen molar-refractivity contribution >= 4 is 33.3 Å². The predicted octanol–water partition coefficient (Wildman–Crippen LogP) is 5.47. The average Bonchev–Trinajstić information content (AvgIpc) is 3.34. The molecule has 0 aliphatic carbocycles. The third-order valence-electron chi connectivity index (χ3n) is 5.14. The number of aromatic hydroxyl groups is 1. The number of nitrogens with one attached hydrogen (secondary N) is 2. The zero-order valence-corrected chi connectivity index (χ0v) is 17.1. The molecule has 3 N–H and O–H groups in total. The van der Waals surface area contributed by atoms with Crippen LogP contribution >= 0.6 is 0 Å². The molecule has 7 nitrogen and oxygen atoms in total. The number of aromatic amines is 1. The Hall–Kier alpha value is -4.52. The van der Waals surface area contributed by atoms with Crippen molar-refractivity contribution in [3.8, 4) is 23.0 Å². The molecule has 5 rings (SSSR count). The Bertz CT molecular complexity index is 1450. The summed E-state index contributed by atoms with van der Waals surface area (Å²) >= 11 is 0. The summed E-state index contributed by atoms with van der Waals surface area (Å²) in [5, 5.41) is 15.6. The Labute approximate surface area is 183 Å². The van der Waals surface area contributed by atoms with Gasteiger partial charge in [0.15, 0.2) is 11.5 Å². The van der Waals surface area contributed by atoms with Crippen LogP contribution in [0.1, 0.15) is 10.5 Å². The number of aromatic nitrogens is 2. The Kier molecular flexibility index (Phi) is 4.84. The number of carbonyl (C=O) groups is 1. The minimum absolute atomic E-state index is 0.0128. The number of carbonyl (C=O) groups excluding carboxylic acids is 1. The van der Waals surface area contributed by atoms with Crippen molar-refractivity contribution in [2.75, 3.05) is 12.4 Å². The largest absolute Gasteiger partial charge is 0.504 e. The zero-order chi connectivity index (χ0) is 22.1. The van der Waals surface area contributed by atoms with Gasteiger partial charge >= 0.3 is 0 Å². The van der Waals surface area contributed by atoms with Crippen molar-refractivity contribution in [2.45, 2.75) is 0 Å². The van der Waals surface area contributed by atoms with Gasteiger partial charge in [0.1, 0.15) is 17.2 Å². The number of hydrogen-bond acceptors (Lipinski definition) is 5. The van der Waals surface area contributed by atoms with Gasteiger partial charge in [0.2, 0.25) is 0 Å². The first kappa shape index (κ1) is 19.4. The fraction of sp³-hybridized carbons (Fsp3) is 0.0400. The second-order valence-corrected chi connectivity index (χ2v) is 7.21. The number of ether oxygens (including phenoxy) is 2. The number of hydrogen-bond donors (Lipinski definition) is 3. The third kappa shape index (κ3) is 3.67. The van der Waals surface area contributed by atoms with Gasteiger partial charge in [-0.05, 0) is 59.3 Å². The van der Waals surface area contributed by atoms with Gasteiger partial charge in [-0.15, -0.1) is 0 Å². The van der Waals surface area contributed by atoms with E-state index in [0.717, 1.165) is 10.8 Å². The molecule has 5 aromatic rings. The molecule has 158 valence electrons. The Morgan fingerprint density at radius 1 is 1.00 bits per heavy atom. The van der Waals surface area contributed by atoms with Gasteiger partial charge in [0, 0.05) is 29.5 Å². The normalized spacial score (nSPS) is 10.9. The third-order valence-corrected chi connectivity index (χ3v) is 5.14. The Balaban J connectivity index is 1.46. The van der Waals surface area contributed by atoms with E-state index in [1.807, 2.05) is 36.4 Å². The summed E-state index contributed by atoms with van der Waals surface area (Å²) in [6.07, 6.45) is 3.35. The molecule has 0 unspecified atom stereocenters. The molecule has 2 heterocycles. The predicted molar refractivity (Wildman–Crippen MR) is 123 cm³/mol. The number of fused-ring (bicyclic) bond motifs is 2. The summed E-state index contributed by atoms with van der Waals surface area (Å²) in [6.45, 7) is 0. The number of phenolic OH excluding ortho intramolecular Hbond substituents is 1. The SMILES string of the molecule is COc1cc2nccc(Oc3ccc4ccc(NC(=O)c5ccc[nH]5)cc4c3)c2cc1O. The number of rotatable bonds is 5. The van der Waals surface area contributed by atoms with Gasteiger partial charge in [0.05, 0.1) is 12.6 Å². The van der Waals surface area contributed by atoms with E-state index in [2.05, 4.69) is 15.3 Å². The number of phenols is 1. The lowest BCUT2D eigenvalue weighted by molar-refractivity contribution is 0.102.